The maximum atomic E-state index is 13.4. The van der Waals surface area contributed by atoms with Crippen LogP contribution in [0.5, 0.6) is 0 Å². The molecule has 2 aromatic carbocycles. The van der Waals surface area contributed by atoms with Crippen molar-refractivity contribution in [3.63, 3.8) is 0 Å². The van der Waals surface area contributed by atoms with E-state index in [1.165, 1.54) is 22.5 Å². The van der Waals surface area contributed by atoms with Crippen LogP contribution in [0.4, 0.5) is 4.39 Å². The largest absolute Gasteiger partial charge is 0.334 e. The predicted molar refractivity (Wildman–Crippen MR) is 108 cm³/mol. The van der Waals surface area contributed by atoms with Crippen molar-refractivity contribution >= 4 is 15.9 Å². The number of hydrogen-bond acceptors (Lipinski definition) is 3. The van der Waals surface area contributed by atoms with E-state index in [9.17, 15) is 17.6 Å². The number of amides is 1. The molecular weight excluding hydrogens is 393 g/mol. The van der Waals surface area contributed by atoms with Crippen LogP contribution >= 0.6 is 0 Å². The summed E-state index contributed by atoms with van der Waals surface area (Å²) in [7, 11) is -3.71. The lowest BCUT2D eigenvalue weighted by Gasteiger charge is -2.32. The summed E-state index contributed by atoms with van der Waals surface area (Å²) >= 11 is 0. The Balaban J connectivity index is 1.55. The van der Waals surface area contributed by atoms with E-state index >= 15 is 0 Å². The predicted octanol–water partition coefficient (Wildman–Crippen LogP) is 0.764. The number of carbonyl (C=O) groups is 1. The number of carbonyl (C=O) groups excluding carboxylic acids is 1. The number of sulfonamides is 1. The highest BCUT2D eigenvalue weighted by molar-refractivity contribution is 7.89. The lowest BCUT2D eigenvalue weighted by molar-refractivity contribution is -0.896. The number of rotatable bonds is 7. The van der Waals surface area contributed by atoms with E-state index in [1.54, 1.807) is 0 Å². The van der Waals surface area contributed by atoms with Crippen LogP contribution in [-0.4, -0.2) is 62.8 Å². The van der Waals surface area contributed by atoms with Gasteiger partial charge in [0.2, 0.25) is 10.0 Å². The fourth-order valence-corrected chi connectivity index (χ4v) is 4.98. The van der Waals surface area contributed by atoms with Gasteiger partial charge in [0, 0.05) is 13.1 Å². The van der Waals surface area contributed by atoms with Crippen molar-refractivity contribution in [1.29, 1.82) is 0 Å². The van der Waals surface area contributed by atoms with Crippen LogP contribution in [0.3, 0.4) is 0 Å². The Kier molecular flexibility index (Phi) is 7.00. The molecule has 3 rings (SSSR count). The highest BCUT2D eigenvalue weighted by atomic mass is 32.2. The van der Waals surface area contributed by atoms with E-state index in [-0.39, 0.29) is 10.8 Å². The van der Waals surface area contributed by atoms with Crippen LogP contribution in [0.2, 0.25) is 0 Å². The van der Waals surface area contributed by atoms with Gasteiger partial charge in [0.05, 0.1) is 31.1 Å². The van der Waals surface area contributed by atoms with Crippen LogP contribution in [0.15, 0.2) is 59.5 Å². The molecular formula is C21H27FN3O3S+. The Morgan fingerprint density at radius 1 is 1.10 bits per heavy atom. The molecule has 156 valence electrons. The van der Waals surface area contributed by atoms with Crippen LogP contribution in [0, 0.1) is 5.82 Å². The monoisotopic (exact) mass is 420 g/mol. The first-order valence-corrected chi connectivity index (χ1v) is 11.2. The van der Waals surface area contributed by atoms with Gasteiger partial charge in [-0.25, -0.2) is 12.8 Å². The second-order valence-electron chi connectivity index (χ2n) is 7.18. The van der Waals surface area contributed by atoms with E-state index in [0.29, 0.717) is 45.8 Å². The normalized spacial score (nSPS) is 15.9. The number of nitrogens with zero attached hydrogens (tertiary/aromatic N) is 2. The van der Waals surface area contributed by atoms with E-state index < -0.39 is 15.8 Å². The molecule has 1 heterocycles. The lowest BCUT2D eigenvalue weighted by Crippen LogP contribution is -3.15. The van der Waals surface area contributed by atoms with Gasteiger partial charge in [0.15, 0.2) is 6.54 Å². The zero-order chi connectivity index (χ0) is 20.9. The zero-order valence-electron chi connectivity index (χ0n) is 16.6. The van der Waals surface area contributed by atoms with Gasteiger partial charge < -0.3 is 9.80 Å². The summed E-state index contributed by atoms with van der Waals surface area (Å²) < 4.78 is 40.2. The molecule has 1 amide bonds. The fourth-order valence-electron chi connectivity index (χ4n) is 3.50. The maximum absolute atomic E-state index is 13.4. The Morgan fingerprint density at radius 2 is 1.79 bits per heavy atom. The van der Waals surface area contributed by atoms with E-state index in [0.717, 1.165) is 16.5 Å². The van der Waals surface area contributed by atoms with E-state index in [4.69, 9.17) is 0 Å². The number of quaternary nitrogens is 1. The van der Waals surface area contributed by atoms with Gasteiger partial charge in [0.1, 0.15) is 5.82 Å². The summed E-state index contributed by atoms with van der Waals surface area (Å²) in [6, 6.07) is 14.9. The first-order chi connectivity index (χ1) is 13.9. The Hall–Kier alpha value is -2.29. The Morgan fingerprint density at radius 3 is 2.41 bits per heavy atom. The molecule has 0 spiro atoms. The summed E-state index contributed by atoms with van der Waals surface area (Å²) in [4.78, 5) is 15.6. The minimum absolute atomic E-state index is 0.0305. The van der Waals surface area contributed by atoms with Crippen molar-refractivity contribution in [3.8, 4) is 0 Å². The van der Waals surface area contributed by atoms with Gasteiger partial charge in [-0.1, -0.05) is 36.4 Å². The number of benzene rings is 2. The number of piperazine rings is 1. The van der Waals surface area contributed by atoms with Gasteiger partial charge in [-0.05, 0) is 30.7 Å². The molecule has 1 fully saturated rings. The number of halogens is 1. The number of nitrogens with one attached hydrogen (secondary N) is 1. The molecule has 1 saturated heterocycles. The molecule has 0 aliphatic carbocycles. The molecule has 8 heteroatoms. The van der Waals surface area contributed by atoms with Crippen molar-refractivity contribution in [2.24, 2.45) is 0 Å². The minimum Gasteiger partial charge on any atom is -0.334 e. The molecule has 1 N–H and O–H groups in total. The molecule has 0 bridgehead atoms. The summed E-state index contributed by atoms with van der Waals surface area (Å²) in [6.45, 7) is 5.21. The topological polar surface area (TPSA) is 62.1 Å². The van der Waals surface area contributed by atoms with Gasteiger partial charge >= 0.3 is 0 Å². The van der Waals surface area contributed by atoms with Crippen molar-refractivity contribution in [2.75, 3.05) is 39.3 Å². The molecule has 1 aliphatic heterocycles. The molecule has 0 atom stereocenters. The van der Waals surface area contributed by atoms with E-state index in [2.05, 4.69) is 0 Å². The molecule has 0 radical (unpaired) electrons. The van der Waals surface area contributed by atoms with Gasteiger partial charge in [-0.15, -0.1) is 0 Å². The molecule has 0 aromatic heterocycles. The highest BCUT2D eigenvalue weighted by Crippen LogP contribution is 2.16. The molecule has 1 aliphatic rings. The summed E-state index contributed by atoms with van der Waals surface area (Å²) in [5.41, 5.74) is 1.09. The van der Waals surface area contributed by atoms with Crippen LogP contribution in [-0.2, 0) is 21.4 Å². The number of likely N-dealkylation sites (N-methyl/N-ethyl adjacent to an activating group) is 1. The maximum Gasteiger partial charge on any atom is 0.278 e. The van der Waals surface area contributed by atoms with Gasteiger partial charge in [0.25, 0.3) is 5.91 Å². The fraction of sp³-hybridized carbons (Fsp3) is 0.381. The first-order valence-electron chi connectivity index (χ1n) is 9.81. The minimum atomic E-state index is -3.71. The molecule has 0 unspecified atom stereocenters. The second kappa shape index (κ2) is 9.47. The van der Waals surface area contributed by atoms with Crippen LogP contribution in [0.1, 0.15) is 12.5 Å². The SMILES string of the molecule is CCN(Cc1ccccc1)C(=O)C[NH+]1CCN(S(=O)(=O)c2cccc(F)c2)CC1. The molecule has 29 heavy (non-hydrogen) atoms. The average molecular weight is 421 g/mol. The molecule has 6 nitrogen and oxygen atoms in total. The van der Waals surface area contributed by atoms with Crippen LogP contribution < -0.4 is 4.90 Å². The van der Waals surface area contributed by atoms with Crippen molar-refractivity contribution in [1.82, 2.24) is 9.21 Å². The first kappa shape index (κ1) is 21.4. The standard InChI is InChI=1S/C21H26FN3O3S/c1-2-24(16-18-7-4-3-5-8-18)21(26)17-23-11-13-25(14-12-23)29(27,28)20-10-6-9-19(22)15-20/h3-10,15H,2,11-14,16-17H2,1H3/p+1. The third kappa shape index (κ3) is 5.41. The average Bonchev–Trinajstić information content (AvgIpc) is 2.73. The van der Waals surface area contributed by atoms with Crippen molar-refractivity contribution < 1.29 is 22.5 Å². The quantitative estimate of drug-likeness (QED) is 0.720. The Bertz CT molecular complexity index is 929. The number of hydrogen-bond donors (Lipinski definition) is 1. The Labute approximate surface area is 171 Å². The smallest absolute Gasteiger partial charge is 0.278 e. The second-order valence-corrected chi connectivity index (χ2v) is 9.12. The summed E-state index contributed by atoms with van der Waals surface area (Å²) in [6.07, 6.45) is 0. The molecule has 0 saturated carbocycles. The van der Waals surface area contributed by atoms with Crippen LogP contribution in [0.25, 0.3) is 0 Å². The lowest BCUT2D eigenvalue weighted by atomic mass is 10.2. The van der Waals surface area contributed by atoms with E-state index in [1.807, 2.05) is 42.2 Å². The summed E-state index contributed by atoms with van der Waals surface area (Å²) in [5.74, 6) is -0.508. The van der Waals surface area contributed by atoms with Crippen molar-refractivity contribution in [2.45, 2.75) is 18.4 Å². The molecule has 2 aromatic rings. The highest BCUT2D eigenvalue weighted by Gasteiger charge is 2.32. The van der Waals surface area contributed by atoms with Gasteiger partial charge in [-0.2, -0.15) is 4.31 Å². The van der Waals surface area contributed by atoms with Gasteiger partial charge in [-0.3, -0.25) is 4.79 Å². The third-order valence-electron chi connectivity index (χ3n) is 5.22. The zero-order valence-corrected chi connectivity index (χ0v) is 17.4. The third-order valence-corrected chi connectivity index (χ3v) is 7.11. The van der Waals surface area contributed by atoms with Crippen molar-refractivity contribution in [3.05, 3.63) is 66.0 Å². The summed E-state index contributed by atoms with van der Waals surface area (Å²) in [5, 5.41) is 0.